The molecule has 2 aromatic rings. The minimum absolute atomic E-state index is 0.468. The standard InChI is InChI=1S/C13H14O2S/c1-10-3-2-4-12(7-10)16-9-13(14)11-5-6-15-8-11/h2-8,13-14H,9H2,1H3. The predicted molar refractivity (Wildman–Crippen MR) is 65.6 cm³/mol. The number of aryl methyl sites for hydroxylation is 1. The van der Waals surface area contributed by atoms with Crippen LogP contribution in [0.25, 0.3) is 0 Å². The Balaban J connectivity index is 1.92. The first-order valence-corrected chi connectivity index (χ1v) is 6.14. The van der Waals surface area contributed by atoms with E-state index in [4.69, 9.17) is 4.42 Å². The second-order valence-corrected chi connectivity index (χ2v) is 4.79. The molecule has 16 heavy (non-hydrogen) atoms. The molecular weight excluding hydrogens is 220 g/mol. The molecule has 1 unspecified atom stereocenters. The summed E-state index contributed by atoms with van der Waals surface area (Å²) in [4.78, 5) is 1.18. The van der Waals surface area contributed by atoms with E-state index in [1.807, 2.05) is 6.07 Å². The Morgan fingerprint density at radius 3 is 2.94 bits per heavy atom. The zero-order valence-electron chi connectivity index (χ0n) is 9.09. The summed E-state index contributed by atoms with van der Waals surface area (Å²) in [5.74, 6) is 0.642. The van der Waals surface area contributed by atoms with Crippen molar-refractivity contribution in [3.63, 3.8) is 0 Å². The van der Waals surface area contributed by atoms with Crippen LogP contribution >= 0.6 is 11.8 Å². The van der Waals surface area contributed by atoms with Gasteiger partial charge in [-0.25, -0.2) is 0 Å². The highest BCUT2D eigenvalue weighted by atomic mass is 32.2. The maximum absolute atomic E-state index is 9.86. The SMILES string of the molecule is Cc1cccc(SCC(O)c2ccoc2)c1. The fraction of sp³-hybridized carbons (Fsp3) is 0.231. The van der Waals surface area contributed by atoms with Gasteiger partial charge in [-0.1, -0.05) is 17.7 Å². The molecule has 1 N–H and O–H groups in total. The van der Waals surface area contributed by atoms with E-state index < -0.39 is 6.10 Å². The van der Waals surface area contributed by atoms with Crippen LogP contribution in [0.4, 0.5) is 0 Å². The van der Waals surface area contributed by atoms with Gasteiger partial charge in [0.1, 0.15) is 0 Å². The Labute approximate surface area is 99.3 Å². The summed E-state index contributed by atoms with van der Waals surface area (Å²) in [6, 6.07) is 10.1. The summed E-state index contributed by atoms with van der Waals surface area (Å²) in [7, 11) is 0. The first kappa shape index (κ1) is 11.3. The van der Waals surface area contributed by atoms with Crippen LogP contribution in [0, 0.1) is 6.92 Å². The normalized spacial score (nSPS) is 12.6. The lowest BCUT2D eigenvalue weighted by molar-refractivity contribution is 0.203. The molecule has 1 aromatic heterocycles. The van der Waals surface area contributed by atoms with Crippen LogP contribution in [-0.4, -0.2) is 10.9 Å². The van der Waals surface area contributed by atoms with Gasteiger partial charge in [0.05, 0.1) is 18.6 Å². The summed E-state index contributed by atoms with van der Waals surface area (Å²) in [6.45, 7) is 2.07. The van der Waals surface area contributed by atoms with Gasteiger partial charge in [0.15, 0.2) is 0 Å². The van der Waals surface area contributed by atoms with Gasteiger partial charge in [0.25, 0.3) is 0 Å². The number of hydrogen-bond donors (Lipinski definition) is 1. The zero-order valence-corrected chi connectivity index (χ0v) is 9.91. The van der Waals surface area contributed by atoms with E-state index in [-0.39, 0.29) is 0 Å². The third-order valence-electron chi connectivity index (χ3n) is 2.33. The number of aliphatic hydroxyl groups excluding tert-OH is 1. The molecule has 0 radical (unpaired) electrons. The lowest BCUT2D eigenvalue weighted by Crippen LogP contribution is -1.98. The van der Waals surface area contributed by atoms with Gasteiger partial charge in [-0.05, 0) is 25.1 Å². The summed E-state index contributed by atoms with van der Waals surface area (Å²) in [6.07, 6.45) is 2.70. The van der Waals surface area contributed by atoms with Gasteiger partial charge in [-0.15, -0.1) is 11.8 Å². The van der Waals surface area contributed by atoms with Crippen LogP contribution in [0.3, 0.4) is 0 Å². The predicted octanol–water partition coefficient (Wildman–Crippen LogP) is 3.41. The van der Waals surface area contributed by atoms with Gasteiger partial charge in [0, 0.05) is 16.2 Å². The van der Waals surface area contributed by atoms with E-state index in [2.05, 4.69) is 25.1 Å². The lowest BCUT2D eigenvalue weighted by Gasteiger charge is -2.08. The van der Waals surface area contributed by atoms with Crippen LogP contribution in [-0.2, 0) is 0 Å². The molecule has 0 spiro atoms. The van der Waals surface area contributed by atoms with E-state index in [0.29, 0.717) is 5.75 Å². The number of rotatable bonds is 4. The van der Waals surface area contributed by atoms with Crippen molar-refractivity contribution in [2.24, 2.45) is 0 Å². The van der Waals surface area contributed by atoms with Crippen molar-refractivity contribution in [1.29, 1.82) is 0 Å². The minimum atomic E-state index is -0.468. The van der Waals surface area contributed by atoms with Crippen LogP contribution in [0.15, 0.2) is 52.2 Å². The van der Waals surface area contributed by atoms with Crippen molar-refractivity contribution in [2.75, 3.05) is 5.75 Å². The molecule has 0 aliphatic rings. The number of hydrogen-bond acceptors (Lipinski definition) is 3. The number of aliphatic hydroxyl groups is 1. The fourth-order valence-corrected chi connectivity index (χ4v) is 2.43. The Morgan fingerprint density at radius 2 is 2.25 bits per heavy atom. The van der Waals surface area contributed by atoms with E-state index in [1.54, 1.807) is 30.4 Å². The Hall–Kier alpha value is -1.19. The number of thioether (sulfide) groups is 1. The molecule has 3 heteroatoms. The van der Waals surface area contributed by atoms with E-state index in [1.165, 1.54) is 10.5 Å². The Kier molecular flexibility index (Phi) is 3.70. The molecule has 1 aromatic carbocycles. The number of furan rings is 1. The van der Waals surface area contributed by atoms with Gasteiger partial charge >= 0.3 is 0 Å². The second kappa shape index (κ2) is 5.23. The molecule has 0 saturated heterocycles. The quantitative estimate of drug-likeness (QED) is 0.823. The molecule has 0 aliphatic heterocycles. The van der Waals surface area contributed by atoms with Crippen molar-refractivity contribution in [1.82, 2.24) is 0 Å². The molecule has 84 valence electrons. The van der Waals surface area contributed by atoms with Gasteiger partial charge in [-0.3, -0.25) is 0 Å². The smallest absolute Gasteiger partial charge is 0.0960 e. The Morgan fingerprint density at radius 1 is 1.38 bits per heavy atom. The first-order valence-electron chi connectivity index (χ1n) is 5.15. The van der Waals surface area contributed by atoms with Crippen molar-refractivity contribution >= 4 is 11.8 Å². The summed E-state index contributed by atoms with van der Waals surface area (Å²) >= 11 is 1.65. The highest BCUT2D eigenvalue weighted by Crippen LogP contribution is 2.25. The van der Waals surface area contributed by atoms with Crippen LogP contribution in [0.1, 0.15) is 17.2 Å². The molecule has 0 saturated carbocycles. The lowest BCUT2D eigenvalue weighted by atomic mass is 10.2. The second-order valence-electron chi connectivity index (χ2n) is 3.70. The Bertz CT molecular complexity index is 437. The average molecular weight is 234 g/mol. The van der Waals surface area contributed by atoms with Crippen LogP contribution in [0.5, 0.6) is 0 Å². The summed E-state index contributed by atoms with van der Waals surface area (Å²) in [5, 5.41) is 9.86. The summed E-state index contributed by atoms with van der Waals surface area (Å²) < 4.78 is 4.94. The average Bonchev–Trinajstić information content (AvgIpc) is 2.79. The minimum Gasteiger partial charge on any atom is -0.472 e. The monoisotopic (exact) mass is 234 g/mol. The van der Waals surface area contributed by atoms with Crippen molar-refractivity contribution in [3.8, 4) is 0 Å². The van der Waals surface area contributed by atoms with Crippen LogP contribution < -0.4 is 0 Å². The largest absolute Gasteiger partial charge is 0.472 e. The highest BCUT2D eigenvalue weighted by Gasteiger charge is 2.09. The third-order valence-corrected chi connectivity index (χ3v) is 3.40. The fourth-order valence-electron chi connectivity index (χ4n) is 1.44. The van der Waals surface area contributed by atoms with Crippen molar-refractivity contribution in [2.45, 2.75) is 17.9 Å². The van der Waals surface area contributed by atoms with Crippen molar-refractivity contribution in [3.05, 3.63) is 54.0 Å². The van der Waals surface area contributed by atoms with Crippen molar-refractivity contribution < 1.29 is 9.52 Å². The highest BCUT2D eigenvalue weighted by molar-refractivity contribution is 7.99. The molecule has 0 amide bonds. The van der Waals surface area contributed by atoms with Gasteiger partial charge < -0.3 is 9.52 Å². The van der Waals surface area contributed by atoms with Crippen LogP contribution in [0.2, 0.25) is 0 Å². The topological polar surface area (TPSA) is 33.4 Å². The molecule has 1 atom stereocenters. The molecular formula is C13H14O2S. The molecule has 2 rings (SSSR count). The summed E-state index contributed by atoms with van der Waals surface area (Å²) in [5.41, 5.74) is 2.07. The third kappa shape index (κ3) is 2.90. The molecule has 0 bridgehead atoms. The number of benzene rings is 1. The van der Waals surface area contributed by atoms with E-state index in [0.717, 1.165) is 5.56 Å². The maximum Gasteiger partial charge on any atom is 0.0960 e. The zero-order chi connectivity index (χ0) is 11.4. The molecule has 0 fully saturated rings. The van der Waals surface area contributed by atoms with Gasteiger partial charge in [-0.2, -0.15) is 0 Å². The van der Waals surface area contributed by atoms with Gasteiger partial charge in [0.2, 0.25) is 0 Å². The molecule has 1 heterocycles. The molecule has 0 aliphatic carbocycles. The molecule has 2 nitrogen and oxygen atoms in total. The van der Waals surface area contributed by atoms with E-state index >= 15 is 0 Å². The first-order chi connectivity index (χ1) is 7.75. The maximum atomic E-state index is 9.86. The van der Waals surface area contributed by atoms with E-state index in [9.17, 15) is 5.11 Å².